The van der Waals surface area contributed by atoms with Crippen LogP contribution in [-0.2, 0) is 0 Å². The second-order valence-electron chi connectivity index (χ2n) is 3.12. The predicted octanol–water partition coefficient (Wildman–Crippen LogP) is 0.158. The summed E-state index contributed by atoms with van der Waals surface area (Å²) in [5.74, 6) is 0.903. The molecule has 1 aliphatic heterocycles. The van der Waals surface area contributed by atoms with Crippen molar-refractivity contribution in [2.45, 2.75) is 6.42 Å². The van der Waals surface area contributed by atoms with Gasteiger partial charge in [-0.3, -0.25) is 0 Å². The summed E-state index contributed by atoms with van der Waals surface area (Å²) in [7, 11) is 4.27. The molecule has 0 spiro atoms. The SMILES string of the molecule is CN(C)C[C@H]1CCNC1. The highest BCUT2D eigenvalue weighted by molar-refractivity contribution is 4.72. The summed E-state index contributed by atoms with van der Waals surface area (Å²) in [6, 6.07) is 0. The maximum atomic E-state index is 3.35. The smallest absolute Gasteiger partial charge is 0.00162 e. The molecule has 0 bridgehead atoms. The molecule has 9 heavy (non-hydrogen) atoms. The number of hydrogen-bond donors (Lipinski definition) is 1. The van der Waals surface area contributed by atoms with Gasteiger partial charge in [-0.1, -0.05) is 0 Å². The van der Waals surface area contributed by atoms with E-state index in [4.69, 9.17) is 0 Å². The van der Waals surface area contributed by atoms with Crippen LogP contribution < -0.4 is 5.32 Å². The van der Waals surface area contributed by atoms with Crippen molar-refractivity contribution in [3.63, 3.8) is 0 Å². The number of rotatable bonds is 2. The molecule has 0 aliphatic carbocycles. The van der Waals surface area contributed by atoms with E-state index in [0.29, 0.717) is 0 Å². The van der Waals surface area contributed by atoms with Gasteiger partial charge >= 0.3 is 0 Å². The molecule has 2 heteroatoms. The van der Waals surface area contributed by atoms with Crippen LogP contribution in [0.15, 0.2) is 0 Å². The first-order valence-corrected chi connectivity index (χ1v) is 3.64. The minimum absolute atomic E-state index is 0.903. The molecule has 0 aromatic carbocycles. The molecule has 0 amide bonds. The summed E-state index contributed by atoms with van der Waals surface area (Å²) in [6.45, 7) is 3.68. The van der Waals surface area contributed by atoms with Crippen LogP contribution in [0.2, 0.25) is 0 Å². The Morgan fingerprint density at radius 2 is 2.33 bits per heavy atom. The second-order valence-corrected chi connectivity index (χ2v) is 3.12. The zero-order valence-corrected chi connectivity index (χ0v) is 6.35. The van der Waals surface area contributed by atoms with Gasteiger partial charge in [-0.05, 0) is 39.5 Å². The van der Waals surface area contributed by atoms with E-state index >= 15 is 0 Å². The Hall–Kier alpha value is -0.0800. The maximum Gasteiger partial charge on any atom is 0.00162 e. The molecule has 1 rings (SSSR count). The zero-order chi connectivity index (χ0) is 6.69. The molecule has 0 aromatic heterocycles. The normalized spacial score (nSPS) is 27.7. The van der Waals surface area contributed by atoms with Gasteiger partial charge in [0.15, 0.2) is 0 Å². The number of nitrogens with one attached hydrogen (secondary N) is 1. The van der Waals surface area contributed by atoms with Gasteiger partial charge in [0, 0.05) is 6.54 Å². The maximum absolute atomic E-state index is 3.35. The molecule has 54 valence electrons. The highest BCUT2D eigenvalue weighted by atomic mass is 15.1. The third-order valence-electron chi connectivity index (χ3n) is 1.79. The first-order valence-electron chi connectivity index (χ1n) is 3.64. The number of hydrogen-bond acceptors (Lipinski definition) is 2. The molecule has 1 saturated heterocycles. The fourth-order valence-electron chi connectivity index (χ4n) is 1.39. The van der Waals surface area contributed by atoms with Crippen molar-refractivity contribution >= 4 is 0 Å². The summed E-state index contributed by atoms with van der Waals surface area (Å²) in [5, 5.41) is 3.35. The van der Waals surface area contributed by atoms with Crippen molar-refractivity contribution < 1.29 is 0 Å². The van der Waals surface area contributed by atoms with Crippen LogP contribution in [0.5, 0.6) is 0 Å². The minimum atomic E-state index is 0.903. The monoisotopic (exact) mass is 128 g/mol. The van der Waals surface area contributed by atoms with Gasteiger partial charge < -0.3 is 10.2 Å². The largest absolute Gasteiger partial charge is 0.316 e. The standard InChI is InChI=1S/C7H16N2/c1-9(2)6-7-3-4-8-5-7/h7-8H,3-6H2,1-2H3/t7-/m0/s1. The van der Waals surface area contributed by atoms with E-state index in [2.05, 4.69) is 24.3 Å². The van der Waals surface area contributed by atoms with Crippen molar-refractivity contribution in [1.29, 1.82) is 0 Å². The molecule has 1 fully saturated rings. The van der Waals surface area contributed by atoms with Crippen molar-refractivity contribution in [3.05, 3.63) is 0 Å². The predicted molar refractivity (Wildman–Crippen MR) is 39.5 cm³/mol. The van der Waals surface area contributed by atoms with E-state index in [1.54, 1.807) is 0 Å². The van der Waals surface area contributed by atoms with Crippen LogP contribution in [0.1, 0.15) is 6.42 Å². The Balaban J connectivity index is 2.11. The van der Waals surface area contributed by atoms with E-state index in [-0.39, 0.29) is 0 Å². The van der Waals surface area contributed by atoms with Crippen LogP contribution in [0.4, 0.5) is 0 Å². The van der Waals surface area contributed by atoms with Crippen LogP contribution in [0.25, 0.3) is 0 Å². The van der Waals surface area contributed by atoms with E-state index in [1.165, 1.54) is 26.1 Å². The first-order chi connectivity index (χ1) is 4.29. The number of nitrogens with zero attached hydrogens (tertiary/aromatic N) is 1. The van der Waals surface area contributed by atoms with Gasteiger partial charge in [-0.15, -0.1) is 0 Å². The first kappa shape index (κ1) is 7.03. The average molecular weight is 128 g/mol. The highest BCUT2D eigenvalue weighted by Gasteiger charge is 2.13. The van der Waals surface area contributed by atoms with Gasteiger partial charge in [0.25, 0.3) is 0 Å². The summed E-state index contributed by atoms with van der Waals surface area (Å²) >= 11 is 0. The summed E-state index contributed by atoms with van der Waals surface area (Å²) in [6.07, 6.45) is 1.36. The second kappa shape index (κ2) is 3.18. The van der Waals surface area contributed by atoms with Crippen molar-refractivity contribution in [3.8, 4) is 0 Å². The van der Waals surface area contributed by atoms with E-state index in [1.807, 2.05) is 0 Å². The van der Waals surface area contributed by atoms with Crippen LogP contribution in [-0.4, -0.2) is 38.6 Å². The zero-order valence-electron chi connectivity index (χ0n) is 6.35. The molecule has 0 aromatic rings. The molecule has 1 heterocycles. The summed E-state index contributed by atoms with van der Waals surface area (Å²) in [4.78, 5) is 2.26. The Morgan fingerprint density at radius 3 is 2.78 bits per heavy atom. The lowest BCUT2D eigenvalue weighted by Gasteiger charge is -2.13. The van der Waals surface area contributed by atoms with Crippen LogP contribution in [0, 0.1) is 5.92 Å². The Kier molecular flexibility index (Phi) is 2.49. The molecule has 2 nitrogen and oxygen atoms in total. The van der Waals surface area contributed by atoms with Gasteiger partial charge in [0.1, 0.15) is 0 Å². The van der Waals surface area contributed by atoms with Gasteiger partial charge in [0.05, 0.1) is 0 Å². The van der Waals surface area contributed by atoms with E-state index < -0.39 is 0 Å². The third-order valence-corrected chi connectivity index (χ3v) is 1.79. The molecule has 0 unspecified atom stereocenters. The van der Waals surface area contributed by atoms with Crippen LogP contribution >= 0.6 is 0 Å². The fraction of sp³-hybridized carbons (Fsp3) is 1.00. The lowest BCUT2D eigenvalue weighted by Crippen LogP contribution is -2.23. The lowest BCUT2D eigenvalue weighted by molar-refractivity contribution is 0.339. The molecular formula is C7H16N2. The fourth-order valence-corrected chi connectivity index (χ4v) is 1.39. The average Bonchev–Trinajstić information content (AvgIpc) is 2.15. The van der Waals surface area contributed by atoms with Gasteiger partial charge in [0.2, 0.25) is 0 Å². The van der Waals surface area contributed by atoms with Gasteiger partial charge in [-0.2, -0.15) is 0 Å². The minimum Gasteiger partial charge on any atom is -0.316 e. The molecular weight excluding hydrogens is 112 g/mol. The summed E-state index contributed by atoms with van der Waals surface area (Å²) < 4.78 is 0. The molecule has 0 radical (unpaired) electrons. The van der Waals surface area contributed by atoms with Crippen LogP contribution in [0.3, 0.4) is 0 Å². The van der Waals surface area contributed by atoms with Crippen molar-refractivity contribution in [2.24, 2.45) is 5.92 Å². The molecule has 1 N–H and O–H groups in total. The van der Waals surface area contributed by atoms with Crippen molar-refractivity contribution in [1.82, 2.24) is 10.2 Å². The van der Waals surface area contributed by atoms with Gasteiger partial charge in [-0.25, -0.2) is 0 Å². The lowest BCUT2D eigenvalue weighted by atomic mass is 10.1. The Morgan fingerprint density at radius 1 is 1.56 bits per heavy atom. The molecule has 0 saturated carbocycles. The topological polar surface area (TPSA) is 15.3 Å². The van der Waals surface area contributed by atoms with Crippen molar-refractivity contribution in [2.75, 3.05) is 33.7 Å². The molecule has 1 atom stereocenters. The van der Waals surface area contributed by atoms with E-state index in [9.17, 15) is 0 Å². The quantitative estimate of drug-likeness (QED) is 0.570. The van der Waals surface area contributed by atoms with E-state index in [0.717, 1.165) is 5.92 Å². The summed E-state index contributed by atoms with van der Waals surface area (Å²) in [5.41, 5.74) is 0. The Bertz CT molecular complexity index is 75.0. The Labute approximate surface area is 57.2 Å². The third kappa shape index (κ3) is 2.33. The highest BCUT2D eigenvalue weighted by Crippen LogP contribution is 2.06. The molecule has 1 aliphatic rings.